The van der Waals surface area contributed by atoms with Crippen molar-refractivity contribution in [3.63, 3.8) is 0 Å². The maximum Gasteiger partial charge on any atom is 0.334 e. The Morgan fingerprint density at radius 2 is 2.21 bits per heavy atom. The van der Waals surface area contributed by atoms with Crippen LogP contribution in [0, 0.1) is 0 Å². The Labute approximate surface area is 109 Å². The molecule has 0 aliphatic carbocycles. The highest BCUT2D eigenvalue weighted by Gasteiger charge is 2.30. The van der Waals surface area contributed by atoms with Gasteiger partial charge in [0.05, 0.1) is 13.2 Å². The van der Waals surface area contributed by atoms with Crippen LogP contribution < -0.4 is 0 Å². The first kappa shape index (κ1) is 13.3. The Kier molecular flexibility index (Phi) is 3.66. The molecule has 19 heavy (non-hydrogen) atoms. The normalized spacial score (nSPS) is 19.2. The van der Waals surface area contributed by atoms with Gasteiger partial charge in [-0.15, -0.1) is 0 Å². The number of amides is 1. The molecule has 2 heterocycles. The minimum atomic E-state index is -1.09. The molecule has 1 aliphatic heterocycles. The van der Waals surface area contributed by atoms with E-state index in [0.717, 1.165) is 0 Å². The van der Waals surface area contributed by atoms with Crippen LogP contribution in [0.5, 0.6) is 0 Å². The van der Waals surface area contributed by atoms with Gasteiger partial charge in [0.2, 0.25) is 0 Å². The van der Waals surface area contributed by atoms with E-state index >= 15 is 0 Å². The minimum Gasteiger partial charge on any atom is -0.479 e. The number of hydrogen-bond acceptors (Lipinski definition) is 4. The van der Waals surface area contributed by atoms with Gasteiger partial charge in [0.1, 0.15) is 5.69 Å². The van der Waals surface area contributed by atoms with E-state index in [-0.39, 0.29) is 30.5 Å². The lowest BCUT2D eigenvalue weighted by Crippen LogP contribution is -2.48. The largest absolute Gasteiger partial charge is 0.479 e. The van der Waals surface area contributed by atoms with Crippen molar-refractivity contribution in [1.82, 2.24) is 9.88 Å². The first-order valence-electron chi connectivity index (χ1n) is 5.82. The number of carboxylic acids is 1. The fourth-order valence-electron chi connectivity index (χ4n) is 1.87. The van der Waals surface area contributed by atoms with Crippen molar-refractivity contribution in [2.24, 2.45) is 0 Å². The molecule has 2 rings (SSSR count). The van der Waals surface area contributed by atoms with Crippen LogP contribution in [-0.2, 0) is 9.53 Å². The highest BCUT2D eigenvalue weighted by atomic mass is 16.5. The second kappa shape index (κ2) is 5.23. The van der Waals surface area contributed by atoms with Gasteiger partial charge in [0.15, 0.2) is 11.9 Å². The number of ether oxygens (including phenoxy) is 1. The summed E-state index contributed by atoms with van der Waals surface area (Å²) in [5, 5.41) is 8.87. The van der Waals surface area contributed by atoms with Gasteiger partial charge in [-0.2, -0.15) is 0 Å². The number of aromatic amines is 1. The molecule has 1 atom stereocenters. The number of nitrogens with zero attached hydrogens (tertiary/aromatic N) is 1. The van der Waals surface area contributed by atoms with Gasteiger partial charge in [-0.3, -0.25) is 9.59 Å². The highest BCUT2D eigenvalue weighted by Crippen LogP contribution is 2.12. The van der Waals surface area contributed by atoms with Gasteiger partial charge in [0.25, 0.3) is 5.91 Å². The Hall–Kier alpha value is -2.15. The monoisotopic (exact) mass is 266 g/mol. The van der Waals surface area contributed by atoms with E-state index in [1.54, 1.807) is 0 Å². The zero-order chi connectivity index (χ0) is 14.0. The van der Waals surface area contributed by atoms with Crippen LogP contribution in [0.25, 0.3) is 0 Å². The quantitative estimate of drug-likeness (QED) is 0.758. The predicted octanol–water partition coefficient (Wildman–Crippen LogP) is 0.143. The van der Waals surface area contributed by atoms with Crippen LogP contribution in [0.2, 0.25) is 0 Å². The van der Waals surface area contributed by atoms with Crippen LogP contribution in [0.3, 0.4) is 0 Å². The molecule has 2 N–H and O–H groups in total. The van der Waals surface area contributed by atoms with E-state index in [1.165, 1.54) is 24.1 Å². The van der Waals surface area contributed by atoms with Crippen LogP contribution >= 0.6 is 0 Å². The number of Topliss-reactive ketones (excluding diaryl/α,β-unsaturated/α-hetero) is 1. The number of carboxylic acid groups (broad SMARTS) is 1. The molecule has 7 nitrogen and oxygen atoms in total. The number of morpholine rings is 1. The van der Waals surface area contributed by atoms with Gasteiger partial charge in [-0.05, 0) is 13.0 Å². The summed E-state index contributed by atoms with van der Waals surface area (Å²) in [6, 6.07) is 1.47. The maximum absolute atomic E-state index is 12.1. The number of aromatic nitrogens is 1. The molecular weight excluding hydrogens is 252 g/mol. The van der Waals surface area contributed by atoms with Gasteiger partial charge >= 0.3 is 5.97 Å². The first-order chi connectivity index (χ1) is 8.99. The third-order valence-electron chi connectivity index (χ3n) is 2.95. The van der Waals surface area contributed by atoms with E-state index in [1.807, 2.05) is 0 Å². The summed E-state index contributed by atoms with van der Waals surface area (Å²) < 4.78 is 5.04. The molecular formula is C12H14N2O5. The predicted molar refractivity (Wildman–Crippen MR) is 64.1 cm³/mol. The molecule has 0 aromatic carbocycles. The first-order valence-corrected chi connectivity index (χ1v) is 5.82. The number of hydrogen-bond donors (Lipinski definition) is 2. The Balaban J connectivity index is 2.10. The summed E-state index contributed by atoms with van der Waals surface area (Å²) in [6.07, 6.45) is 0.463. The average Bonchev–Trinajstić information content (AvgIpc) is 2.87. The third-order valence-corrected chi connectivity index (χ3v) is 2.95. The lowest BCUT2D eigenvalue weighted by molar-refractivity contribution is -0.154. The molecule has 102 valence electrons. The molecule has 0 radical (unpaired) electrons. The number of rotatable bonds is 3. The van der Waals surface area contributed by atoms with Gasteiger partial charge in [0, 0.05) is 18.3 Å². The van der Waals surface area contributed by atoms with E-state index in [2.05, 4.69) is 4.98 Å². The third kappa shape index (κ3) is 2.82. The molecule has 1 aliphatic rings. The van der Waals surface area contributed by atoms with E-state index < -0.39 is 12.1 Å². The van der Waals surface area contributed by atoms with Crippen molar-refractivity contribution >= 4 is 17.7 Å². The van der Waals surface area contributed by atoms with Crippen molar-refractivity contribution in [2.75, 3.05) is 19.7 Å². The summed E-state index contributed by atoms with van der Waals surface area (Å²) in [6.45, 7) is 1.93. The second-order valence-corrected chi connectivity index (χ2v) is 4.31. The number of ketones is 1. The molecule has 1 amide bonds. The molecule has 0 spiro atoms. The highest BCUT2D eigenvalue weighted by molar-refractivity contribution is 5.99. The van der Waals surface area contributed by atoms with Crippen molar-refractivity contribution in [1.29, 1.82) is 0 Å². The summed E-state index contributed by atoms with van der Waals surface area (Å²) in [5.41, 5.74) is 0.697. The smallest absolute Gasteiger partial charge is 0.334 e. The van der Waals surface area contributed by atoms with Crippen molar-refractivity contribution in [3.8, 4) is 0 Å². The van der Waals surface area contributed by atoms with Gasteiger partial charge < -0.3 is 19.7 Å². The summed E-state index contributed by atoms with van der Waals surface area (Å²) in [4.78, 5) is 38.3. The topological polar surface area (TPSA) is 99.7 Å². The van der Waals surface area contributed by atoms with E-state index in [9.17, 15) is 14.4 Å². The van der Waals surface area contributed by atoms with Gasteiger partial charge in [-0.1, -0.05) is 0 Å². The number of carbonyl (C=O) groups excluding carboxylic acids is 2. The maximum atomic E-state index is 12.1. The van der Waals surface area contributed by atoms with Crippen LogP contribution in [0.1, 0.15) is 27.8 Å². The lowest BCUT2D eigenvalue weighted by atomic mass is 10.2. The summed E-state index contributed by atoms with van der Waals surface area (Å²) in [7, 11) is 0. The molecule has 1 aromatic rings. The fourth-order valence-corrected chi connectivity index (χ4v) is 1.87. The zero-order valence-corrected chi connectivity index (χ0v) is 10.4. The molecule has 1 saturated heterocycles. The van der Waals surface area contributed by atoms with Crippen LogP contribution in [0.15, 0.2) is 12.3 Å². The number of carbonyl (C=O) groups is 3. The lowest BCUT2D eigenvalue weighted by Gasteiger charge is -2.30. The number of nitrogens with one attached hydrogen (secondary N) is 1. The average molecular weight is 266 g/mol. The Morgan fingerprint density at radius 3 is 2.79 bits per heavy atom. The fraction of sp³-hybridized carbons (Fsp3) is 0.417. The molecule has 1 unspecified atom stereocenters. The van der Waals surface area contributed by atoms with E-state index in [0.29, 0.717) is 12.1 Å². The zero-order valence-electron chi connectivity index (χ0n) is 10.4. The number of aliphatic carboxylic acids is 1. The Bertz CT molecular complexity index is 522. The SMILES string of the molecule is CC(=O)c1c[nH]c(C(=O)N2CCOC(C(=O)O)C2)c1. The molecule has 1 fully saturated rings. The molecule has 1 aromatic heterocycles. The van der Waals surface area contributed by atoms with E-state index in [4.69, 9.17) is 9.84 Å². The second-order valence-electron chi connectivity index (χ2n) is 4.31. The van der Waals surface area contributed by atoms with Gasteiger partial charge in [-0.25, -0.2) is 4.79 Å². The van der Waals surface area contributed by atoms with Crippen molar-refractivity contribution in [3.05, 3.63) is 23.5 Å². The molecule has 7 heteroatoms. The summed E-state index contributed by atoms with van der Waals surface area (Å²) in [5.74, 6) is -1.56. The van der Waals surface area contributed by atoms with Crippen LogP contribution in [0.4, 0.5) is 0 Å². The van der Waals surface area contributed by atoms with Crippen LogP contribution in [-0.4, -0.2) is 58.5 Å². The standard InChI is InChI=1S/C12H14N2O5/c1-7(15)8-4-9(13-5-8)11(16)14-2-3-19-10(6-14)12(17)18/h4-5,10,13H,2-3,6H2,1H3,(H,17,18). The number of H-pyrrole nitrogens is 1. The minimum absolute atomic E-state index is 0.00257. The van der Waals surface area contributed by atoms with Crippen molar-refractivity contribution in [2.45, 2.75) is 13.0 Å². The Morgan fingerprint density at radius 1 is 1.47 bits per heavy atom. The van der Waals surface area contributed by atoms with Crippen molar-refractivity contribution < 1.29 is 24.2 Å². The molecule has 0 bridgehead atoms. The molecule has 0 saturated carbocycles. The summed E-state index contributed by atoms with van der Waals surface area (Å²) >= 11 is 0.